The lowest BCUT2D eigenvalue weighted by molar-refractivity contribution is -0.142. The molecule has 0 radical (unpaired) electrons. The van der Waals surface area contributed by atoms with Crippen LogP contribution in [0.15, 0.2) is 48.5 Å². The highest BCUT2D eigenvalue weighted by molar-refractivity contribution is 5.84. The van der Waals surface area contributed by atoms with Crippen LogP contribution in [0.2, 0.25) is 0 Å². The lowest BCUT2D eigenvalue weighted by atomic mass is 9.87. The fraction of sp³-hybridized carbons (Fsp3) is 0.444. The third-order valence-electron chi connectivity index (χ3n) is 6.00. The highest BCUT2D eigenvalue weighted by atomic mass is 16.5. The van der Waals surface area contributed by atoms with Crippen molar-refractivity contribution in [1.82, 2.24) is 10.6 Å². The highest BCUT2D eigenvalue weighted by Crippen LogP contribution is 2.44. The van der Waals surface area contributed by atoms with Crippen molar-refractivity contribution in [2.75, 3.05) is 6.61 Å². The summed E-state index contributed by atoms with van der Waals surface area (Å²) >= 11 is 0. The molecule has 0 fully saturated rings. The Balaban J connectivity index is 1.64. The van der Waals surface area contributed by atoms with Crippen molar-refractivity contribution in [1.29, 1.82) is 0 Å². The van der Waals surface area contributed by atoms with Gasteiger partial charge in [-0.3, -0.25) is 4.79 Å². The van der Waals surface area contributed by atoms with Gasteiger partial charge in [-0.05, 0) is 40.5 Å². The SMILES string of the molecule is CC[C@@H](NC(=O)CC(CC(C)(C)C)NC(=O)OCC1c2ccccc2-c2ccccc21)C(=O)O. The molecule has 2 aromatic rings. The molecule has 1 unspecified atom stereocenters. The van der Waals surface area contributed by atoms with Gasteiger partial charge in [0.05, 0.1) is 0 Å². The van der Waals surface area contributed by atoms with E-state index < -0.39 is 30.1 Å². The largest absolute Gasteiger partial charge is 0.480 e. The van der Waals surface area contributed by atoms with Crippen molar-refractivity contribution >= 4 is 18.0 Å². The molecule has 0 aliphatic heterocycles. The van der Waals surface area contributed by atoms with Gasteiger partial charge >= 0.3 is 12.1 Å². The zero-order valence-corrected chi connectivity index (χ0v) is 20.3. The van der Waals surface area contributed by atoms with E-state index in [-0.39, 0.29) is 30.8 Å². The molecule has 182 valence electrons. The van der Waals surface area contributed by atoms with Gasteiger partial charge in [-0.15, -0.1) is 0 Å². The molecule has 2 atom stereocenters. The summed E-state index contributed by atoms with van der Waals surface area (Å²) in [5, 5.41) is 14.5. The summed E-state index contributed by atoms with van der Waals surface area (Å²) in [6, 6.07) is 14.8. The van der Waals surface area contributed by atoms with Crippen LogP contribution in [0.3, 0.4) is 0 Å². The Morgan fingerprint density at radius 2 is 1.53 bits per heavy atom. The number of carboxylic acids is 1. The van der Waals surface area contributed by atoms with Gasteiger partial charge < -0.3 is 20.5 Å². The molecule has 1 aliphatic rings. The number of carbonyl (C=O) groups excluding carboxylic acids is 2. The number of carbonyl (C=O) groups is 3. The Morgan fingerprint density at radius 1 is 0.971 bits per heavy atom. The number of fused-ring (bicyclic) bond motifs is 3. The predicted molar refractivity (Wildman–Crippen MR) is 131 cm³/mol. The Morgan fingerprint density at radius 3 is 2.03 bits per heavy atom. The van der Waals surface area contributed by atoms with E-state index in [0.29, 0.717) is 6.42 Å². The van der Waals surface area contributed by atoms with Crippen LogP contribution in [0, 0.1) is 5.41 Å². The first kappa shape index (κ1) is 25.3. The predicted octanol–water partition coefficient (Wildman–Crippen LogP) is 4.70. The van der Waals surface area contributed by atoms with E-state index in [1.807, 2.05) is 45.0 Å². The van der Waals surface area contributed by atoms with E-state index >= 15 is 0 Å². The lowest BCUT2D eigenvalue weighted by Gasteiger charge is -2.27. The molecular weight excluding hydrogens is 432 g/mol. The Bertz CT molecular complexity index is 998. The minimum atomic E-state index is -1.08. The van der Waals surface area contributed by atoms with Crippen molar-refractivity contribution < 1.29 is 24.2 Å². The van der Waals surface area contributed by atoms with Crippen LogP contribution < -0.4 is 10.6 Å². The highest BCUT2D eigenvalue weighted by Gasteiger charge is 2.30. The second-order valence-corrected chi connectivity index (χ2v) is 10.0. The molecule has 7 nitrogen and oxygen atoms in total. The normalized spacial score (nSPS) is 14.5. The van der Waals surface area contributed by atoms with Crippen molar-refractivity contribution in [2.24, 2.45) is 5.41 Å². The molecule has 2 amide bonds. The zero-order chi connectivity index (χ0) is 24.9. The average molecular weight is 467 g/mol. The van der Waals surface area contributed by atoms with Crippen LogP contribution in [-0.2, 0) is 14.3 Å². The Labute approximate surface area is 200 Å². The third-order valence-corrected chi connectivity index (χ3v) is 6.00. The van der Waals surface area contributed by atoms with Crippen molar-refractivity contribution in [3.05, 3.63) is 59.7 Å². The van der Waals surface area contributed by atoms with Gasteiger partial charge in [0.2, 0.25) is 5.91 Å². The van der Waals surface area contributed by atoms with E-state index in [4.69, 9.17) is 4.74 Å². The number of amides is 2. The van der Waals surface area contributed by atoms with E-state index in [0.717, 1.165) is 22.3 Å². The number of nitrogens with one attached hydrogen (secondary N) is 2. The zero-order valence-electron chi connectivity index (χ0n) is 20.3. The van der Waals surface area contributed by atoms with Crippen LogP contribution in [0.5, 0.6) is 0 Å². The van der Waals surface area contributed by atoms with Crippen LogP contribution in [0.4, 0.5) is 4.79 Å². The number of alkyl carbamates (subject to hydrolysis) is 1. The second kappa shape index (κ2) is 10.7. The van der Waals surface area contributed by atoms with Gasteiger partial charge in [-0.1, -0.05) is 76.2 Å². The summed E-state index contributed by atoms with van der Waals surface area (Å²) in [6.45, 7) is 7.93. The second-order valence-electron chi connectivity index (χ2n) is 10.0. The van der Waals surface area contributed by atoms with Crippen molar-refractivity contribution in [2.45, 2.75) is 65.0 Å². The van der Waals surface area contributed by atoms with Gasteiger partial charge in [-0.25, -0.2) is 9.59 Å². The van der Waals surface area contributed by atoms with E-state index in [1.165, 1.54) is 0 Å². The first-order valence-corrected chi connectivity index (χ1v) is 11.7. The fourth-order valence-electron chi connectivity index (χ4n) is 4.54. The van der Waals surface area contributed by atoms with Crippen LogP contribution >= 0.6 is 0 Å². The number of hydrogen-bond acceptors (Lipinski definition) is 4. The topological polar surface area (TPSA) is 105 Å². The number of hydrogen-bond donors (Lipinski definition) is 3. The number of benzene rings is 2. The van der Waals surface area contributed by atoms with E-state index in [9.17, 15) is 19.5 Å². The minimum Gasteiger partial charge on any atom is -0.480 e. The van der Waals surface area contributed by atoms with Crippen LogP contribution in [0.25, 0.3) is 11.1 Å². The minimum absolute atomic E-state index is 0.0226. The Hall–Kier alpha value is -3.35. The summed E-state index contributed by atoms with van der Waals surface area (Å²) < 4.78 is 5.63. The molecule has 0 saturated heterocycles. The van der Waals surface area contributed by atoms with Crippen LogP contribution in [-0.4, -0.2) is 41.8 Å². The fourth-order valence-corrected chi connectivity index (χ4v) is 4.54. The molecule has 7 heteroatoms. The number of rotatable bonds is 9. The van der Waals surface area contributed by atoms with Gasteiger partial charge in [-0.2, -0.15) is 0 Å². The summed E-state index contributed by atoms with van der Waals surface area (Å²) in [4.78, 5) is 36.4. The summed E-state index contributed by atoms with van der Waals surface area (Å²) in [5.41, 5.74) is 4.40. The maximum atomic E-state index is 12.7. The standard InChI is InChI=1S/C27H34N2O5/c1-5-23(25(31)32)29-24(30)14-17(15-27(2,3)4)28-26(33)34-16-22-20-12-8-6-10-18(20)19-11-7-9-13-21(19)22/h6-13,17,22-23H,5,14-16H2,1-4H3,(H,28,33)(H,29,30)(H,31,32)/t17?,23-/m1/s1. The lowest BCUT2D eigenvalue weighted by Crippen LogP contribution is -2.45. The number of ether oxygens (including phenoxy) is 1. The van der Waals surface area contributed by atoms with Gasteiger partial charge in [0, 0.05) is 18.4 Å². The summed E-state index contributed by atoms with van der Waals surface area (Å²) in [7, 11) is 0. The molecule has 0 spiro atoms. The van der Waals surface area contributed by atoms with E-state index in [2.05, 4.69) is 34.9 Å². The summed E-state index contributed by atoms with van der Waals surface area (Å²) in [5.74, 6) is -1.54. The van der Waals surface area contributed by atoms with Crippen LogP contribution in [0.1, 0.15) is 64.0 Å². The molecule has 0 heterocycles. The monoisotopic (exact) mass is 466 g/mol. The molecule has 3 rings (SSSR count). The molecule has 0 bridgehead atoms. The van der Waals surface area contributed by atoms with Crippen molar-refractivity contribution in [3.63, 3.8) is 0 Å². The summed E-state index contributed by atoms with van der Waals surface area (Å²) in [6.07, 6.45) is 0.207. The molecule has 3 N–H and O–H groups in total. The average Bonchev–Trinajstić information content (AvgIpc) is 3.08. The molecular formula is C27H34N2O5. The number of aliphatic carboxylic acids is 1. The Kier molecular flexibility index (Phi) is 7.97. The molecule has 0 aromatic heterocycles. The first-order chi connectivity index (χ1) is 16.1. The smallest absolute Gasteiger partial charge is 0.407 e. The maximum absolute atomic E-state index is 12.7. The molecule has 0 saturated carbocycles. The quantitative estimate of drug-likeness (QED) is 0.497. The molecule has 1 aliphatic carbocycles. The molecule has 2 aromatic carbocycles. The third kappa shape index (κ3) is 6.37. The van der Waals surface area contributed by atoms with Gasteiger partial charge in [0.1, 0.15) is 12.6 Å². The van der Waals surface area contributed by atoms with Crippen molar-refractivity contribution in [3.8, 4) is 11.1 Å². The van der Waals surface area contributed by atoms with E-state index in [1.54, 1.807) is 6.92 Å². The first-order valence-electron chi connectivity index (χ1n) is 11.7. The van der Waals surface area contributed by atoms with Gasteiger partial charge in [0.25, 0.3) is 0 Å². The van der Waals surface area contributed by atoms with Gasteiger partial charge in [0.15, 0.2) is 0 Å². The molecule has 34 heavy (non-hydrogen) atoms. The number of carboxylic acid groups (broad SMARTS) is 1. The maximum Gasteiger partial charge on any atom is 0.407 e.